The predicted octanol–water partition coefficient (Wildman–Crippen LogP) is 0.765. The van der Waals surface area contributed by atoms with Crippen molar-refractivity contribution in [1.82, 2.24) is 0 Å². The summed E-state index contributed by atoms with van der Waals surface area (Å²) in [6.07, 6.45) is 1.69. The molecule has 0 rings (SSSR count). The molecule has 112 valence electrons. The molecule has 0 atom stereocenters. The number of hydrogen-bond acceptors (Lipinski definition) is 7. The van der Waals surface area contributed by atoms with Crippen molar-refractivity contribution in [3.8, 4) is 0 Å². The van der Waals surface area contributed by atoms with Crippen LogP contribution in [0.25, 0.3) is 0 Å². The van der Waals surface area contributed by atoms with E-state index in [0.29, 0.717) is 0 Å². The molecule has 0 unspecified atom stereocenters. The van der Waals surface area contributed by atoms with Gasteiger partial charge in [0.2, 0.25) is 0 Å². The third-order valence-corrected chi connectivity index (χ3v) is 1.79. The van der Waals surface area contributed by atoms with Crippen LogP contribution in [0.1, 0.15) is 27.7 Å². The summed E-state index contributed by atoms with van der Waals surface area (Å²) < 4.78 is 13.5. The minimum Gasteiger partial charge on any atom is -0.463 e. The zero-order valence-corrected chi connectivity index (χ0v) is 11.9. The number of rotatable bonds is 5. The van der Waals surface area contributed by atoms with Gasteiger partial charge in [-0.2, -0.15) is 0 Å². The smallest absolute Gasteiger partial charge is 0.351 e. The molecular formula is C13H18O7. The van der Waals surface area contributed by atoms with E-state index >= 15 is 0 Å². The first-order valence-corrected chi connectivity index (χ1v) is 5.93. The van der Waals surface area contributed by atoms with Gasteiger partial charge in [-0.05, 0) is 27.7 Å². The standard InChI is InChI=1S/C13H18O7/c1-5-18-9(14)6-7-10(15)19-8-11(16)20-12(17)13(2,3)4/h6-7H,5,8H2,1-4H3/b7-6-. The maximum atomic E-state index is 11.3. The molecule has 7 heteroatoms. The number of hydrogen-bond donors (Lipinski definition) is 0. The molecule has 0 aromatic carbocycles. The van der Waals surface area contributed by atoms with Gasteiger partial charge in [-0.25, -0.2) is 14.4 Å². The van der Waals surface area contributed by atoms with E-state index in [-0.39, 0.29) is 6.61 Å². The predicted molar refractivity (Wildman–Crippen MR) is 67.3 cm³/mol. The summed E-state index contributed by atoms with van der Waals surface area (Å²) in [4.78, 5) is 44.6. The third-order valence-electron chi connectivity index (χ3n) is 1.79. The van der Waals surface area contributed by atoms with Crippen molar-refractivity contribution in [3.63, 3.8) is 0 Å². The van der Waals surface area contributed by atoms with Crippen LogP contribution in [-0.2, 0) is 33.4 Å². The summed E-state index contributed by atoms with van der Waals surface area (Å²) in [6, 6.07) is 0. The third kappa shape index (κ3) is 8.02. The topological polar surface area (TPSA) is 96.0 Å². The number of carbonyl (C=O) groups is 4. The lowest BCUT2D eigenvalue weighted by molar-refractivity contribution is -0.170. The van der Waals surface area contributed by atoms with Gasteiger partial charge < -0.3 is 14.2 Å². The Bertz CT molecular complexity index is 415. The Morgan fingerprint density at radius 1 is 0.950 bits per heavy atom. The SMILES string of the molecule is CCOC(=O)/C=C\C(=O)OCC(=O)OC(=O)C(C)(C)C. The Morgan fingerprint density at radius 2 is 1.45 bits per heavy atom. The number of esters is 4. The Morgan fingerprint density at radius 3 is 1.90 bits per heavy atom. The van der Waals surface area contributed by atoms with Crippen LogP contribution in [0.4, 0.5) is 0 Å². The lowest BCUT2D eigenvalue weighted by atomic mass is 9.97. The molecule has 0 N–H and O–H groups in total. The second-order valence-electron chi connectivity index (χ2n) is 4.70. The van der Waals surface area contributed by atoms with E-state index in [4.69, 9.17) is 0 Å². The van der Waals surface area contributed by atoms with E-state index in [2.05, 4.69) is 14.2 Å². The van der Waals surface area contributed by atoms with Gasteiger partial charge in [0.25, 0.3) is 0 Å². The van der Waals surface area contributed by atoms with E-state index in [1.54, 1.807) is 27.7 Å². The molecule has 0 aliphatic carbocycles. The highest BCUT2D eigenvalue weighted by Gasteiger charge is 2.26. The van der Waals surface area contributed by atoms with Crippen LogP contribution in [0, 0.1) is 5.41 Å². The van der Waals surface area contributed by atoms with Gasteiger partial charge in [0.15, 0.2) is 6.61 Å². The fourth-order valence-electron chi connectivity index (χ4n) is 0.791. The molecule has 0 aromatic heterocycles. The fourth-order valence-corrected chi connectivity index (χ4v) is 0.791. The van der Waals surface area contributed by atoms with Crippen LogP contribution in [0.15, 0.2) is 12.2 Å². The monoisotopic (exact) mass is 286 g/mol. The summed E-state index contributed by atoms with van der Waals surface area (Å²) in [5.74, 6) is -3.32. The number of ether oxygens (including phenoxy) is 3. The van der Waals surface area contributed by atoms with Crippen LogP contribution in [0.3, 0.4) is 0 Å². The van der Waals surface area contributed by atoms with Gasteiger partial charge in [0.05, 0.1) is 12.0 Å². The molecule has 0 saturated heterocycles. The van der Waals surface area contributed by atoms with Crippen molar-refractivity contribution in [2.75, 3.05) is 13.2 Å². The highest BCUT2D eigenvalue weighted by atomic mass is 16.6. The summed E-state index contributed by atoms with van der Waals surface area (Å²) in [6.45, 7) is 5.82. The molecular weight excluding hydrogens is 268 g/mol. The van der Waals surface area contributed by atoms with Gasteiger partial charge >= 0.3 is 23.9 Å². The van der Waals surface area contributed by atoms with Crippen LogP contribution < -0.4 is 0 Å². The lowest BCUT2D eigenvalue weighted by Crippen LogP contribution is -2.28. The highest BCUT2D eigenvalue weighted by Crippen LogP contribution is 2.14. The van der Waals surface area contributed by atoms with E-state index in [9.17, 15) is 19.2 Å². The van der Waals surface area contributed by atoms with Gasteiger partial charge in [-0.15, -0.1) is 0 Å². The van der Waals surface area contributed by atoms with E-state index in [1.807, 2.05) is 0 Å². The molecule has 0 aliphatic heterocycles. The normalized spacial score (nSPS) is 11.0. The summed E-state index contributed by atoms with van der Waals surface area (Å²) in [7, 11) is 0. The maximum Gasteiger partial charge on any atom is 0.351 e. The average molecular weight is 286 g/mol. The molecule has 0 amide bonds. The highest BCUT2D eigenvalue weighted by molar-refractivity contribution is 5.93. The quantitative estimate of drug-likeness (QED) is 0.318. The van der Waals surface area contributed by atoms with E-state index < -0.39 is 35.9 Å². The van der Waals surface area contributed by atoms with Crippen molar-refractivity contribution >= 4 is 23.9 Å². The summed E-state index contributed by atoms with van der Waals surface area (Å²) >= 11 is 0. The summed E-state index contributed by atoms with van der Waals surface area (Å²) in [5.41, 5.74) is -0.830. The van der Waals surface area contributed by atoms with Crippen molar-refractivity contribution < 1.29 is 33.4 Å². The molecule has 0 heterocycles. The average Bonchev–Trinajstić information content (AvgIpc) is 2.33. The molecule has 0 aromatic rings. The Kier molecular flexibility index (Phi) is 7.20. The fraction of sp³-hybridized carbons (Fsp3) is 0.538. The van der Waals surface area contributed by atoms with Crippen LogP contribution >= 0.6 is 0 Å². The minimum atomic E-state index is -0.984. The molecule has 0 bridgehead atoms. The molecule has 20 heavy (non-hydrogen) atoms. The van der Waals surface area contributed by atoms with Gasteiger partial charge in [-0.3, -0.25) is 4.79 Å². The van der Waals surface area contributed by atoms with Crippen LogP contribution in [0.5, 0.6) is 0 Å². The second-order valence-corrected chi connectivity index (χ2v) is 4.70. The second kappa shape index (κ2) is 8.08. The summed E-state index contributed by atoms with van der Waals surface area (Å²) in [5, 5.41) is 0. The van der Waals surface area contributed by atoms with Crippen LogP contribution in [0.2, 0.25) is 0 Å². The number of carbonyl (C=O) groups excluding carboxylic acids is 4. The Hall–Kier alpha value is -2.18. The van der Waals surface area contributed by atoms with Crippen molar-refractivity contribution in [1.29, 1.82) is 0 Å². The van der Waals surface area contributed by atoms with E-state index in [1.165, 1.54) is 0 Å². The largest absolute Gasteiger partial charge is 0.463 e. The minimum absolute atomic E-state index is 0.180. The Labute approximate surface area is 116 Å². The van der Waals surface area contributed by atoms with Crippen LogP contribution in [-0.4, -0.2) is 37.1 Å². The van der Waals surface area contributed by atoms with Crippen molar-refractivity contribution in [3.05, 3.63) is 12.2 Å². The first-order chi connectivity index (χ1) is 9.16. The molecule has 0 radical (unpaired) electrons. The van der Waals surface area contributed by atoms with Gasteiger partial charge in [0.1, 0.15) is 0 Å². The molecule has 0 aliphatic rings. The zero-order chi connectivity index (χ0) is 15.8. The van der Waals surface area contributed by atoms with Gasteiger partial charge in [0, 0.05) is 12.2 Å². The molecule has 7 nitrogen and oxygen atoms in total. The molecule has 0 saturated carbocycles. The van der Waals surface area contributed by atoms with E-state index in [0.717, 1.165) is 12.2 Å². The molecule has 0 fully saturated rings. The zero-order valence-electron chi connectivity index (χ0n) is 11.9. The molecule has 0 spiro atoms. The maximum absolute atomic E-state index is 11.3. The van der Waals surface area contributed by atoms with Gasteiger partial charge in [-0.1, -0.05) is 0 Å². The lowest BCUT2D eigenvalue weighted by Gasteiger charge is -2.14. The first-order valence-electron chi connectivity index (χ1n) is 5.93. The Balaban J connectivity index is 4.10. The van der Waals surface area contributed by atoms with Crippen molar-refractivity contribution in [2.45, 2.75) is 27.7 Å². The first kappa shape index (κ1) is 17.8. The van der Waals surface area contributed by atoms with Crippen molar-refractivity contribution in [2.24, 2.45) is 5.41 Å².